The summed E-state index contributed by atoms with van der Waals surface area (Å²) < 4.78 is 1.96. The molecule has 0 aromatic carbocycles. The predicted molar refractivity (Wildman–Crippen MR) is 80.0 cm³/mol. The van der Waals surface area contributed by atoms with Gasteiger partial charge in [-0.25, -0.2) is 10.1 Å². The van der Waals surface area contributed by atoms with Crippen molar-refractivity contribution in [2.45, 2.75) is 6.92 Å². The summed E-state index contributed by atoms with van der Waals surface area (Å²) in [5, 5.41) is 7.56. The van der Waals surface area contributed by atoms with Crippen LogP contribution >= 0.6 is 11.3 Å². The molecule has 0 atom stereocenters. The zero-order valence-electron chi connectivity index (χ0n) is 10.8. The first-order valence-corrected chi connectivity index (χ1v) is 6.86. The molecule has 3 rings (SSSR count). The number of rotatable bonds is 3. The lowest BCUT2D eigenvalue weighted by Crippen LogP contribution is -2.08. The molecular weight excluding hydrogens is 272 g/mol. The molecule has 100 valence electrons. The van der Waals surface area contributed by atoms with Crippen LogP contribution in [0.3, 0.4) is 0 Å². The Morgan fingerprint density at radius 2 is 2.25 bits per heavy atom. The topological polar surface area (TPSA) is 63.6 Å². The molecule has 0 amide bonds. The minimum atomic E-state index is -0.182. The van der Waals surface area contributed by atoms with Gasteiger partial charge in [-0.1, -0.05) is 0 Å². The monoisotopic (exact) mass is 284 g/mol. The summed E-state index contributed by atoms with van der Waals surface area (Å²) in [6, 6.07) is 5.62. The smallest absolute Gasteiger partial charge is 0.264 e. The van der Waals surface area contributed by atoms with E-state index >= 15 is 0 Å². The minimum Gasteiger partial charge on any atom is -0.298 e. The molecule has 5 nitrogen and oxygen atoms in total. The van der Waals surface area contributed by atoms with E-state index in [9.17, 15) is 4.79 Å². The van der Waals surface area contributed by atoms with Crippen molar-refractivity contribution in [3.63, 3.8) is 0 Å². The molecule has 3 heterocycles. The number of hydrogen-bond acceptors (Lipinski definition) is 4. The summed E-state index contributed by atoms with van der Waals surface area (Å²) in [5.74, 6) is 0. The first-order valence-electron chi connectivity index (χ1n) is 6.05. The van der Waals surface area contributed by atoms with Gasteiger partial charge in [0.05, 0.1) is 12.0 Å². The van der Waals surface area contributed by atoms with Crippen LogP contribution in [-0.4, -0.2) is 19.7 Å². The Hall–Kier alpha value is -2.47. The maximum Gasteiger partial charge on any atom is 0.264 e. The molecule has 0 unspecified atom stereocenters. The van der Waals surface area contributed by atoms with Crippen LogP contribution in [0.15, 0.2) is 41.7 Å². The van der Waals surface area contributed by atoms with Crippen LogP contribution in [0.25, 0.3) is 17.2 Å². The van der Waals surface area contributed by atoms with Gasteiger partial charge in [0, 0.05) is 23.3 Å². The fourth-order valence-corrected chi connectivity index (χ4v) is 2.66. The third-order valence-corrected chi connectivity index (χ3v) is 3.88. The summed E-state index contributed by atoms with van der Waals surface area (Å²) in [6.07, 6.45) is 9.32. The third-order valence-electron chi connectivity index (χ3n) is 2.82. The van der Waals surface area contributed by atoms with Crippen LogP contribution in [0.1, 0.15) is 16.1 Å². The molecule has 0 aliphatic rings. The van der Waals surface area contributed by atoms with Crippen LogP contribution in [-0.2, 0) is 0 Å². The number of aromatic nitrogens is 4. The fourth-order valence-electron chi connectivity index (χ4n) is 1.80. The number of nitrogens with one attached hydrogen (secondary N) is 1. The number of hydrogen-bond donors (Lipinski definition) is 1. The maximum absolute atomic E-state index is 11.1. The molecule has 3 aromatic heterocycles. The van der Waals surface area contributed by atoms with Gasteiger partial charge in [-0.2, -0.15) is 5.10 Å². The van der Waals surface area contributed by atoms with E-state index in [4.69, 9.17) is 0 Å². The Kier molecular flexibility index (Phi) is 3.30. The third kappa shape index (κ3) is 2.60. The summed E-state index contributed by atoms with van der Waals surface area (Å²) in [7, 11) is 0. The highest BCUT2D eigenvalue weighted by Crippen LogP contribution is 2.22. The van der Waals surface area contributed by atoms with Gasteiger partial charge in [-0.3, -0.25) is 9.36 Å². The van der Waals surface area contributed by atoms with Crippen molar-refractivity contribution in [3.8, 4) is 5.00 Å². The Balaban J connectivity index is 1.84. The quantitative estimate of drug-likeness (QED) is 0.803. The van der Waals surface area contributed by atoms with Crippen LogP contribution in [0, 0.1) is 6.92 Å². The summed E-state index contributed by atoms with van der Waals surface area (Å²) in [4.78, 5) is 16.2. The van der Waals surface area contributed by atoms with E-state index in [0.29, 0.717) is 0 Å². The zero-order chi connectivity index (χ0) is 13.9. The molecule has 6 heteroatoms. The van der Waals surface area contributed by atoms with E-state index in [0.717, 1.165) is 21.1 Å². The van der Waals surface area contributed by atoms with Crippen LogP contribution in [0.5, 0.6) is 0 Å². The molecule has 20 heavy (non-hydrogen) atoms. The molecule has 0 saturated heterocycles. The van der Waals surface area contributed by atoms with Gasteiger partial charge in [0.2, 0.25) is 0 Å². The van der Waals surface area contributed by atoms with Gasteiger partial charge in [0.15, 0.2) is 0 Å². The van der Waals surface area contributed by atoms with E-state index in [1.165, 1.54) is 6.07 Å². The number of aryl methyl sites for hydroxylation is 1. The Morgan fingerprint density at radius 1 is 1.35 bits per heavy atom. The number of nitrogens with zero attached hydrogens (tertiary/aromatic N) is 3. The second-order valence-electron chi connectivity index (χ2n) is 4.28. The number of H-pyrrole nitrogens is 1. The normalized spacial score (nSPS) is 11.2. The molecule has 0 saturated carbocycles. The van der Waals surface area contributed by atoms with Crippen molar-refractivity contribution in [1.29, 1.82) is 0 Å². The largest absolute Gasteiger partial charge is 0.298 e. The van der Waals surface area contributed by atoms with Crippen LogP contribution in [0.4, 0.5) is 0 Å². The van der Waals surface area contributed by atoms with Gasteiger partial charge in [0.1, 0.15) is 5.00 Å². The number of aromatic amines is 1. The maximum atomic E-state index is 11.1. The summed E-state index contributed by atoms with van der Waals surface area (Å²) >= 11 is 1.66. The summed E-state index contributed by atoms with van der Waals surface area (Å²) in [5.41, 5.74) is 1.44. The SMILES string of the molecule is Cc1cc(=O)[nH]nc1/C=C/c1ccc(-n2ccnc2)s1. The number of imidazole rings is 1. The molecule has 0 aliphatic carbocycles. The van der Waals surface area contributed by atoms with Crippen LogP contribution < -0.4 is 5.56 Å². The zero-order valence-corrected chi connectivity index (χ0v) is 11.6. The van der Waals surface area contributed by atoms with Crippen LogP contribution in [0.2, 0.25) is 0 Å². The fraction of sp³-hybridized carbons (Fsp3) is 0.0714. The van der Waals surface area contributed by atoms with Crippen molar-refractivity contribution < 1.29 is 0 Å². The molecule has 0 spiro atoms. The molecule has 3 aromatic rings. The molecular formula is C14H12N4OS. The van der Waals surface area contributed by atoms with Crippen molar-refractivity contribution >= 4 is 23.5 Å². The van der Waals surface area contributed by atoms with Crippen molar-refractivity contribution in [1.82, 2.24) is 19.7 Å². The molecule has 0 radical (unpaired) electrons. The van der Waals surface area contributed by atoms with Crippen molar-refractivity contribution in [2.75, 3.05) is 0 Å². The highest BCUT2D eigenvalue weighted by molar-refractivity contribution is 7.15. The second kappa shape index (κ2) is 5.26. The van der Waals surface area contributed by atoms with E-state index in [1.54, 1.807) is 23.9 Å². The lowest BCUT2D eigenvalue weighted by Gasteiger charge is -1.96. The Morgan fingerprint density at radius 3 is 3.00 bits per heavy atom. The van der Waals surface area contributed by atoms with Gasteiger partial charge in [-0.05, 0) is 36.8 Å². The Bertz CT molecular complexity index is 799. The molecule has 0 bridgehead atoms. The van der Waals surface area contributed by atoms with Gasteiger partial charge < -0.3 is 0 Å². The van der Waals surface area contributed by atoms with E-state index in [1.807, 2.05) is 42.0 Å². The molecule has 0 fully saturated rings. The second-order valence-corrected chi connectivity index (χ2v) is 5.37. The minimum absolute atomic E-state index is 0.182. The van der Waals surface area contributed by atoms with Gasteiger partial charge in [-0.15, -0.1) is 11.3 Å². The van der Waals surface area contributed by atoms with Gasteiger partial charge >= 0.3 is 0 Å². The van der Waals surface area contributed by atoms with E-state index in [2.05, 4.69) is 15.2 Å². The van der Waals surface area contributed by atoms with Crippen molar-refractivity contribution in [2.24, 2.45) is 0 Å². The van der Waals surface area contributed by atoms with Crippen molar-refractivity contribution in [3.05, 3.63) is 63.4 Å². The average Bonchev–Trinajstić information content (AvgIpc) is 3.08. The first kappa shape index (κ1) is 12.6. The standard InChI is InChI=1S/C14H12N4OS/c1-10-8-13(19)17-16-12(10)4-2-11-3-5-14(20-11)18-7-6-15-9-18/h2-9H,1H3,(H,17,19)/b4-2+. The number of thiophene rings is 1. The molecule has 0 aliphatic heterocycles. The molecule has 1 N–H and O–H groups in total. The Labute approximate surface area is 119 Å². The van der Waals surface area contributed by atoms with E-state index in [-0.39, 0.29) is 5.56 Å². The van der Waals surface area contributed by atoms with E-state index < -0.39 is 0 Å². The highest BCUT2D eigenvalue weighted by atomic mass is 32.1. The van der Waals surface area contributed by atoms with Gasteiger partial charge in [0.25, 0.3) is 5.56 Å². The highest BCUT2D eigenvalue weighted by Gasteiger charge is 2.00. The lowest BCUT2D eigenvalue weighted by atomic mass is 10.2. The first-order chi connectivity index (χ1) is 9.72. The summed E-state index contributed by atoms with van der Waals surface area (Å²) in [6.45, 7) is 1.87. The lowest BCUT2D eigenvalue weighted by molar-refractivity contribution is 0.961. The average molecular weight is 284 g/mol. The predicted octanol–water partition coefficient (Wildman–Crippen LogP) is 2.50.